The van der Waals surface area contributed by atoms with Gasteiger partial charge in [0.1, 0.15) is 28.5 Å². The van der Waals surface area contributed by atoms with Crippen molar-refractivity contribution in [1.29, 1.82) is 0 Å². The number of aryl methyl sites for hydroxylation is 1. The van der Waals surface area contributed by atoms with E-state index in [-0.39, 0.29) is 46.2 Å². The molecule has 0 aliphatic carbocycles. The molecule has 0 bridgehead atoms. The zero-order valence-corrected chi connectivity index (χ0v) is 22.1. The Morgan fingerprint density at radius 1 is 1.26 bits per heavy atom. The van der Waals surface area contributed by atoms with Crippen molar-refractivity contribution < 1.29 is 28.1 Å². The molecule has 1 aromatic carbocycles. The molecule has 0 unspecified atom stereocenters. The van der Waals surface area contributed by atoms with Gasteiger partial charge in [0.15, 0.2) is 5.82 Å². The summed E-state index contributed by atoms with van der Waals surface area (Å²) < 4.78 is 40.7. The second kappa shape index (κ2) is 11.7. The first-order chi connectivity index (χ1) is 18.0. The zero-order chi connectivity index (χ0) is 28.0. The summed E-state index contributed by atoms with van der Waals surface area (Å²) >= 11 is 0. The summed E-state index contributed by atoms with van der Waals surface area (Å²) in [6.07, 6.45) is 7.81. The highest BCUT2D eigenvalue weighted by Crippen LogP contribution is 2.35. The molecule has 0 fully saturated rings. The maximum absolute atomic E-state index is 13.3. The lowest BCUT2D eigenvalue weighted by molar-refractivity contribution is 0.171. The summed E-state index contributed by atoms with van der Waals surface area (Å²) in [5.74, 6) is 2.06. The molecular weight excluding hydrogens is 514 g/mol. The van der Waals surface area contributed by atoms with Gasteiger partial charge in [-0.05, 0) is 32.9 Å². The highest BCUT2D eigenvalue weighted by atomic mass is 32.2. The zero-order valence-electron chi connectivity index (χ0n) is 21.3. The standard InChI is InChI=1S/C24H27N7O6S/c1-7-9-20(37-6)27-15(3)23-28-29-24(31(23)21-18(32)10-8-11-19(21)36-5)30-38(34,35)16(4)22(33)17-13-25-14(2)12-26-17/h1,8-13,16,22,32-33H,2-6H3,(H,29,30)/b20-9+,27-15+/t16-,22-/m0/s1. The molecule has 3 aromatic rings. The second-order valence-electron chi connectivity index (χ2n) is 7.94. The minimum atomic E-state index is -4.30. The van der Waals surface area contributed by atoms with Crippen LogP contribution in [0.4, 0.5) is 5.95 Å². The summed E-state index contributed by atoms with van der Waals surface area (Å²) in [4.78, 5) is 12.4. The molecule has 38 heavy (non-hydrogen) atoms. The maximum Gasteiger partial charge on any atom is 0.243 e. The molecule has 200 valence electrons. The van der Waals surface area contributed by atoms with E-state index in [1.54, 1.807) is 26.0 Å². The largest absolute Gasteiger partial charge is 0.506 e. The van der Waals surface area contributed by atoms with Gasteiger partial charge >= 0.3 is 0 Å². The Bertz CT molecular complexity index is 1510. The van der Waals surface area contributed by atoms with Gasteiger partial charge in [0.25, 0.3) is 0 Å². The van der Waals surface area contributed by atoms with E-state index in [1.807, 2.05) is 0 Å². The molecule has 2 atom stereocenters. The number of ether oxygens (including phenoxy) is 2. The normalized spacial score (nSPS) is 13.9. The van der Waals surface area contributed by atoms with E-state index in [2.05, 4.69) is 35.8 Å². The van der Waals surface area contributed by atoms with Gasteiger partial charge in [0.05, 0.1) is 43.6 Å². The lowest BCUT2D eigenvalue weighted by Crippen LogP contribution is -2.32. The van der Waals surface area contributed by atoms with Crippen LogP contribution in [0.25, 0.3) is 5.69 Å². The summed E-state index contributed by atoms with van der Waals surface area (Å²) in [6.45, 7) is 4.59. The van der Waals surface area contributed by atoms with Crippen molar-refractivity contribution in [2.24, 2.45) is 4.99 Å². The third-order valence-electron chi connectivity index (χ3n) is 5.37. The van der Waals surface area contributed by atoms with Crippen LogP contribution < -0.4 is 9.46 Å². The Hall–Kier alpha value is -4.48. The topological polar surface area (TPSA) is 174 Å². The molecule has 0 amide bonds. The number of sulfonamides is 1. The lowest BCUT2D eigenvalue weighted by atomic mass is 10.2. The first-order valence-corrected chi connectivity index (χ1v) is 12.6. The number of anilines is 1. The monoisotopic (exact) mass is 541 g/mol. The van der Waals surface area contributed by atoms with Crippen molar-refractivity contribution in [3.05, 3.63) is 59.8 Å². The fourth-order valence-corrected chi connectivity index (χ4v) is 4.36. The fourth-order valence-electron chi connectivity index (χ4n) is 3.31. The first-order valence-electron chi connectivity index (χ1n) is 11.1. The van der Waals surface area contributed by atoms with Crippen molar-refractivity contribution >= 4 is 21.7 Å². The summed E-state index contributed by atoms with van der Waals surface area (Å²) in [7, 11) is -1.54. The number of para-hydroxylation sites is 1. The maximum atomic E-state index is 13.3. The molecule has 14 heteroatoms. The average molecular weight is 542 g/mol. The summed E-state index contributed by atoms with van der Waals surface area (Å²) in [5.41, 5.74) is 0.949. The van der Waals surface area contributed by atoms with Gasteiger partial charge in [-0.15, -0.1) is 16.6 Å². The SMILES string of the molecule is C#C/C=C(\N=C(/C)c1nnc(NS(=O)(=O)[C@@H](C)[C@H](O)c2cnc(C)cn2)n1-c1c(O)cccc1OC)OC. The number of aliphatic hydroxyl groups excluding tert-OH is 1. The predicted molar refractivity (Wildman–Crippen MR) is 139 cm³/mol. The van der Waals surface area contributed by atoms with Gasteiger partial charge < -0.3 is 19.7 Å². The van der Waals surface area contributed by atoms with Gasteiger partial charge in [0, 0.05) is 6.20 Å². The number of phenols is 1. The number of nitrogens with one attached hydrogen (secondary N) is 1. The van der Waals surface area contributed by atoms with Crippen molar-refractivity contribution in [1.82, 2.24) is 24.7 Å². The molecule has 13 nitrogen and oxygen atoms in total. The third-order valence-corrected chi connectivity index (χ3v) is 7.08. The number of hydrogen-bond acceptors (Lipinski definition) is 11. The van der Waals surface area contributed by atoms with Crippen molar-refractivity contribution in [2.45, 2.75) is 32.1 Å². The van der Waals surface area contributed by atoms with Crippen molar-refractivity contribution in [3.63, 3.8) is 0 Å². The van der Waals surface area contributed by atoms with Crippen LogP contribution in [-0.2, 0) is 14.8 Å². The first kappa shape index (κ1) is 28.1. The third kappa shape index (κ3) is 5.90. The van der Waals surface area contributed by atoms with Gasteiger partial charge in [0.2, 0.25) is 21.9 Å². The predicted octanol–water partition coefficient (Wildman–Crippen LogP) is 1.87. The van der Waals surface area contributed by atoms with Crippen LogP contribution in [-0.4, -0.2) is 68.5 Å². The number of hydrogen-bond donors (Lipinski definition) is 3. The summed E-state index contributed by atoms with van der Waals surface area (Å²) in [5, 5.41) is 28.1. The fraction of sp³-hybridized carbons (Fsp3) is 0.292. The Labute approximate surface area is 220 Å². The lowest BCUT2D eigenvalue weighted by Gasteiger charge is -2.20. The van der Waals surface area contributed by atoms with Gasteiger partial charge in [-0.2, -0.15) is 0 Å². The van der Waals surface area contributed by atoms with Crippen LogP contribution in [0.5, 0.6) is 11.5 Å². The van der Waals surface area contributed by atoms with Gasteiger partial charge in [-0.3, -0.25) is 19.3 Å². The van der Waals surface area contributed by atoms with Crippen molar-refractivity contribution in [3.8, 4) is 29.5 Å². The van der Waals surface area contributed by atoms with Crippen LogP contribution in [0.1, 0.15) is 37.2 Å². The number of rotatable bonds is 10. The number of aromatic nitrogens is 5. The molecule has 2 aromatic heterocycles. The Kier molecular flexibility index (Phi) is 8.66. The molecule has 3 N–H and O–H groups in total. The Morgan fingerprint density at radius 2 is 2.00 bits per heavy atom. The van der Waals surface area contributed by atoms with Crippen molar-refractivity contribution in [2.75, 3.05) is 18.9 Å². The molecule has 0 saturated carbocycles. The minimum absolute atomic E-state index is 0.0414. The Morgan fingerprint density at radius 3 is 2.61 bits per heavy atom. The summed E-state index contributed by atoms with van der Waals surface area (Å²) in [6, 6.07) is 4.49. The quantitative estimate of drug-likeness (QED) is 0.195. The van der Waals surface area contributed by atoms with Gasteiger partial charge in [-0.25, -0.2) is 13.4 Å². The van der Waals surface area contributed by atoms with E-state index < -0.39 is 21.4 Å². The van der Waals surface area contributed by atoms with E-state index in [0.29, 0.717) is 5.69 Å². The number of nitrogens with zero attached hydrogens (tertiary/aromatic N) is 6. The van der Waals surface area contributed by atoms with Crippen LogP contribution in [0.2, 0.25) is 0 Å². The molecule has 3 rings (SSSR count). The van der Waals surface area contributed by atoms with Crippen LogP contribution in [0.15, 0.2) is 47.5 Å². The molecule has 0 aliphatic rings. The highest BCUT2D eigenvalue weighted by Gasteiger charge is 2.33. The Balaban J connectivity index is 2.14. The number of benzene rings is 1. The number of aliphatic imine (C=N–C) groups is 1. The van der Waals surface area contributed by atoms with Gasteiger partial charge in [-0.1, -0.05) is 12.0 Å². The molecule has 0 aliphatic heterocycles. The number of phenolic OH excluding ortho intramolecular Hbond substituents is 1. The molecule has 0 radical (unpaired) electrons. The smallest absolute Gasteiger partial charge is 0.243 e. The van der Waals surface area contributed by atoms with E-state index in [0.717, 1.165) is 0 Å². The van der Waals surface area contributed by atoms with Crippen LogP contribution >= 0.6 is 0 Å². The van der Waals surface area contributed by atoms with E-state index in [1.165, 1.54) is 50.2 Å². The molecule has 2 heterocycles. The van der Waals surface area contributed by atoms with E-state index in [4.69, 9.17) is 15.9 Å². The minimum Gasteiger partial charge on any atom is -0.506 e. The second-order valence-corrected chi connectivity index (χ2v) is 9.98. The number of methoxy groups -OCH3 is 2. The van der Waals surface area contributed by atoms with E-state index >= 15 is 0 Å². The highest BCUT2D eigenvalue weighted by molar-refractivity contribution is 7.93. The number of aromatic hydroxyl groups is 1. The average Bonchev–Trinajstić information content (AvgIpc) is 3.29. The van der Waals surface area contributed by atoms with E-state index in [9.17, 15) is 18.6 Å². The number of allylic oxidation sites excluding steroid dienone is 1. The molecule has 0 spiro atoms. The van der Waals surface area contributed by atoms with Crippen LogP contribution in [0, 0.1) is 19.3 Å². The number of terminal acetylenes is 1. The molecule has 0 saturated heterocycles. The van der Waals surface area contributed by atoms with Crippen LogP contribution in [0.3, 0.4) is 0 Å². The molecular formula is C24H27N7O6S. The number of aliphatic hydroxyl groups is 1.